The van der Waals surface area contributed by atoms with Crippen LogP contribution in [-0.4, -0.2) is 28.0 Å². The number of aromatic nitrogens is 3. The maximum Gasteiger partial charge on any atom is 0.227 e. The summed E-state index contributed by atoms with van der Waals surface area (Å²) >= 11 is 0. The minimum Gasteiger partial charge on any atom is -0.366 e. The van der Waals surface area contributed by atoms with Gasteiger partial charge < -0.3 is 10.2 Å². The van der Waals surface area contributed by atoms with E-state index in [0.717, 1.165) is 49.9 Å². The second kappa shape index (κ2) is 8.32. The maximum absolute atomic E-state index is 4.67. The highest BCUT2D eigenvalue weighted by molar-refractivity contribution is 5.44. The van der Waals surface area contributed by atoms with Gasteiger partial charge in [0.1, 0.15) is 5.82 Å². The molecule has 0 spiro atoms. The van der Waals surface area contributed by atoms with Crippen molar-refractivity contribution in [3.63, 3.8) is 0 Å². The van der Waals surface area contributed by atoms with Gasteiger partial charge in [0, 0.05) is 43.8 Å². The van der Waals surface area contributed by atoms with Crippen molar-refractivity contribution in [2.24, 2.45) is 0 Å². The SMILES string of the molecule is CCCN(CCC)c1nc(C)cc(NCc2ccncc2)n1. The number of anilines is 2. The van der Waals surface area contributed by atoms with Crippen molar-refractivity contribution < 1.29 is 0 Å². The smallest absolute Gasteiger partial charge is 0.227 e. The van der Waals surface area contributed by atoms with Gasteiger partial charge in [-0.3, -0.25) is 4.98 Å². The third kappa shape index (κ3) is 4.69. The maximum atomic E-state index is 4.67. The van der Waals surface area contributed by atoms with E-state index in [0.29, 0.717) is 0 Å². The molecular formula is C17H25N5. The van der Waals surface area contributed by atoms with Gasteiger partial charge in [-0.2, -0.15) is 4.98 Å². The van der Waals surface area contributed by atoms with Gasteiger partial charge in [-0.1, -0.05) is 13.8 Å². The van der Waals surface area contributed by atoms with E-state index in [9.17, 15) is 0 Å². The Balaban J connectivity index is 2.11. The molecular weight excluding hydrogens is 274 g/mol. The summed E-state index contributed by atoms with van der Waals surface area (Å²) in [6, 6.07) is 5.99. The lowest BCUT2D eigenvalue weighted by molar-refractivity contribution is 0.719. The van der Waals surface area contributed by atoms with Crippen molar-refractivity contribution in [2.75, 3.05) is 23.3 Å². The molecule has 2 rings (SSSR count). The van der Waals surface area contributed by atoms with Crippen molar-refractivity contribution in [1.29, 1.82) is 0 Å². The molecule has 0 unspecified atom stereocenters. The molecule has 22 heavy (non-hydrogen) atoms. The average molecular weight is 299 g/mol. The minimum absolute atomic E-state index is 0.736. The molecule has 0 atom stereocenters. The molecule has 0 saturated carbocycles. The second-order valence-electron chi connectivity index (χ2n) is 5.39. The zero-order chi connectivity index (χ0) is 15.8. The van der Waals surface area contributed by atoms with Crippen LogP contribution in [0, 0.1) is 6.92 Å². The van der Waals surface area contributed by atoms with Crippen LogP contribution in [0.4, 0.5) is 11.8 Å². The van der Waals surface area contributed by atoms with Crippen molar-refractivity contribution in [3.05, 3.63) is 41.9 Å². The fraction of sp³-hybridized carbons (Fsp3) is 0.471. The summed E-state index contributed by atoms with van der Waals surface area (Å²) < 4.78 is 0. The Morgan fingerprint density at radius 3 is 2.36 bits per heavy atom. The summed E-state index contributed by atoms with van der Waals surface area (Å²) in [5.74, 6) is 1.69. The predicted octanol–water partition coefficient (Wildman–Crippen LogP) is 3.42. The lowest BCUT2D eigenvalue weighted by Crippen LogP contribution is -2.27. The Labute approximate surface area is 132 Å². The van der Waals surface area contributed by atoms with Crippen LogP contribution in [0.2, 0.25) is 0 Å². The summed E-state index contributed by atoms with van der Waals surface area (Å²) in [6.45, 7) is 9.09. The van der Waals surface area contributed by atoms with Crippen molar-refractivity contribution in [3.8, 4) is 0 Å². The predicted molar refractivity (Wildman–Crippen MR) is 91.1 cm³/mol. The molecule has 0 radical (unpaired) electrons. The van der Waals surface area contributed by atoms with E-state index in [-0.39, 0.29) is 0 Å². The Kier molecular flexibility index (Phi) is 6.13. The molecule has 0 aliphatic carbocycles. The fourth-order valence-corrected chi connectivity index (χ4v) is 2.33. The summed E-state index contributed by atoms with van der Waals surface area (Å²) in [6.07, 6.45) is 5.80. The number of pyridine rings is 1. The molecule has 0 aliphatic rings. The number of nitrogens with one attached hydrogen (secondary N) is 1. The third-order valence-corrected chi connectivity index (χ3v) is 3.34. The molecule has 118 valence electrons. The van der Waals surface area contributed by atoms with Gasteiger partial charge in [0.05, 0.1) is 0 Å². The van der Waals surface area contributed by atoms with Crippen LogP contribution < -0.4 is 10.2 Å². The zero-order valence-corrected chi connectivity index (χ0v) is 13.7. The summed E-state index contributed by atoms with van der Waals surface area (Å²) in [7, 11) is 0. The van der Waals surface area contributed by atoms with E-state index in [1.165, 1.54) is 5.56 Å². The Bertz CT molecular complexity index is 565. The lowest BCUT2D eigenvalue weighted by atomic mass is 10.3. The molecule has 2 aromatic heterocycles. The Morgan fingerprint density at radius 2 is 1.73 bits per heavy atom. The van der Waals surface area contributed by atoms with Crippen molar-refractivity contribution in [2.45, 2.75) is 40.2 Å². The molecule has 2 aromatic rings. The first-order valence-corrected chi connectivity index (χ1v) is 7.96. The largest absolute Gasteiger partial charge is 0.366 e. The highest BCUT2D eigenvalue weighted by Gasteiger charge is 2.10. The quantitative estimate of drug-likeness (QED) is 0.809. The number of nitrogens with zero attached hydrogens (tertiary/aromatic N) is 4. The van der Waals surface area contributed by atoms with Crippen LogP contribution in [0.15, 0.2) is 30.6 Å². The highest BCUT2D eigenvalue weighted by atomic mass is 15.3. The van der Waals surface area contributed by atoms with Gasteiger partial charge >= 0.3 is 0 Å². The topological polar surface area (TPSA) is 53.9 Å². The van der Waals surface area contributed by atoms with Crippen LogP contribution >= 0.6 is 0 Å². The molecule has 5 nitrogen and oxygen atoms in total. The molecule has 5 heteroatoms. The first kappa shape index (κ1) is 16.2. The molecule has 0 saturated heterocycles. The van der Waals surface area contributed by atoms with E-state index < -0.39 is 0 Å². The van der Waals surface area contributed by atoms with E-state index >= 15 is 0 Å². The Hall–Kier alpha value is -2.17. The monoisotopic (exact) mass is 299 g/mol. The standard InChI is InChI=1S/C17H25N5/c1-4-10-22(11-5-2)17-20-14(3)12-16(21-17)19-13-15-6-8-18-9-7-15/h6-9,12H,4-5,10-11,13H2,1-3H3,(H,19,20,21). The van der Waals surface area contributed by atoms with Gasteiger partial charge in [0.15, 0.2) is 0 Å². The summed E-state index contributed by atoms with van der Waals surface area (Å²) in [5, 5.41) is 3.38. The van der Waals surface area contributed by atoms with Gasteiger partial charge in [0.25, 0.3) is 0 Å². The van der Waals surface area contributed by atoms with Crippen LogP contribution in [-0.2, 0) is 6.54 Å². The fourth-order valence-electron chi connectivity index (χ4n) is 2.33. The lowest BCUT2D eigenvalue weighted by Gasteiger charge is -2.22. The van der Waals surface area contributed by atoms with E-state index in [1.54, 1.807) is 12.4 Å². The third-order valence-electron chi connectivity index (χ3n) is 3.34. The second-order valence-corrected chi connectivity index (χ2v) is 5.39. The van der Waals surface area contributed by atoms with Crippen LogP contribution in [0.3, 0.4) is 0 Å². The molecule has 0 aromatic carbocycles. The summed E-state index contributed by atoms with van der Waals surface area (Å²) in [5.41, 5.74) is 2.17. The molecule has 0 amide bonds. The molecule has 0 fully saturated rings. The minimum atomic E-state index is 0.736. The van der Waals surface area contributed by atoms with Crippen molar-refractivity contribution >= 4 is 11.8 Å². The van der Waals surface area contributed by atoms with Crippen molar-refractivity contribution in [1.82, 2.24) is 15.0 Å². The van der Waals surface area contributed by atoms with Gasteiger partial charge in [-0.05, 0) is 37.5 Å². The molecule has 1 N–H and O–H groups in total. The normalized spacial score (nSPS) is 10.5. The first-order valence-electron chi connectivity index (χ1n) is 7.96. The Morgan fingerprint density at radius 1 is 1.05 bits per heavy atom. The first-order chi connectivity index (χ1) is 10.7. The molecule has 0 aliphatic heterocycles. The number of rotatable bonds is 8. The van der Waals surface area contributed by atoms with E-state index in [1.807, 2.05) is 25.1 Å². The molecule has 0 bridgehead atoms. The van der Waals surface area contributed by atoms with E-state index in [2.05, 4.69) is 39.0 Å². The van der Waals surface area contributed by atoms with Gasteiger partial charge in [-0.15, -0.1) is 0 Å². The van der Waals surface area contributed by atoms with E-state index in [4.69, 9.17) is 0 Å². The van der Waals surface area contributed by atoms with Crippen LogP contribution in [0.5, 0.6) is 0 Å². The average Bonchev–Trinajstić information content (AvgIpc) is 2.53. The van der Waals surface area contributed by atoms with Crippen LogP contribution in [0.25, 0.3) is 0 Å². The van der Waals surface area contributed by atoms with Crippen LogP contribution in [0.1, 0.15) is 37.9 Å². The molecule has 2 heterocycles. The summed E-state index contributed by atoms with van der Waals surface area (Å²) in [4.78, 5) is 15.6. The van der Waals surface area contributed by atoms with Gasteiger partial charge in [0.2, 0.25) is 5.95 Å². The number of hydrogen-bond acceptors (Lipinski definition) is 5. The number of hydrogen-bond donors (Lipinski definition) is 1. The van der Waals surface area contributed by atoms with Gasteiger partial charge in [-0.25, -0.2) is 4.98 Å². The highest BCUT2D eigenvalue weighted by Crippen LogP contribution is 2.15. The number of aryl methyl sites for hydroxylation is 1. The zero-order valence-electron chi connectivity index (χ0n) is 13.7.